The Balaban J connectivity index is 1.68. The third kappa shape index (κ3) is 5.00. The van der Waals surface area contributed by atoms with Gasteiger partial charge in [0.25, 0.3) is 0 Å². The van der Waals surface area contributed by atoms with Crippen molar-refractivity contribution in [2.75, 3.05) is 11.4 Å². The van der Waals surface area contributed by atoms with Crippen molar-refractivity contribution in [1.82, 2.24) is 9.55 Å². The van der Waals surface area contributed by atoms with Gasteiger partial charge in [-0.1, -0.05) is 75.4 Å². The predicted molar refractivity (Wildman–Crippen MR) is 137 cm³/mol. The number of rotatable bonds is 8. The van der Waals surface area contributed by atoms with Crippen molar-refractivity contribution in [2.45, 2.75) is 46.6 Å². The van der Waals surface area contributed by atoms with Crippen LogP contribution in [0.15, 0.2) is 78.9 Å². The molecule has 0 saturated heterocycles. The van der Waals surface area contributed by atoms with Crippen LogP contribution in [-0.4, -0.2) is 22.0 Å². The van der Waals surface area contributed by atoms with E-state index in [1.807, 2.05) is 60.4 Å². The lowest BCUT2D eigenvalue weighted by Gasteiger charge is -2.23. The van der Waals surface area contributed by atoms with Gasteiger partial charge in [-0.25, -0.2) is 4.98 Å². The highest BCUT2D eigenvalue weighted by Gasteiger charge is 2.22. The Hall–Kier alpha value is -3.40. The van der Waals surface area contributed by atoms with E-state index in [9.17, 15) is 4.79 Å². The summed E-state index contributed by atoms with van der Waals surface area (Å²) in [5.74, 6) is 1.69. The quantitative estimate of drug-likeness (QED) is 0.317. The predicted octanol–water partition coefficient (Wildman–Crippen LogP) is 6.44. The molecule has 0 radical (unpaired) electrons. The Morgan fingerprint density at radius 3 is 2.24 bits per heavy atom. The molecule has 4 rings (SSSR count). The molecule has 4 heteroatoms. The van der Waals surface area contributed by atoms with Gasteiger partial charge in [0.1, 0.15) is 12.4 Å². The van der Waals surface area contributed by atoms with Gasteiger partial charge >= 0.3 is 0 Å². The molecule has 0 spiro atoms. The Labute approximate surface area is 196 Å². The maximum absolute atomic E-state index is 13.4. The van der Waals surface area contributed by atoms with E-state index < -0.39 is 0 Å². The summed E-state index contributed by atoms with van der Waals surface area (Å²) in [6.45, 7) is 9.55. The van der Waals surface area contributed by atoms with Gasteiger partial charge in [0.05, 0.1) is 11.0 Å². The average molecular weight is 440 g/mol. The first-order chi connectivity index (χ1) is 16.0. The number of aromatic nitrogens is 2. The van der Waals surface area contributed by atoms with Gasteiger partial charge < -0.3 is 9.47 Å². The third-order valence-electron chi connectivity index (χ3n) is 6.17. The lowest BCUT2D eigenvalue weighted by atomic mass is 9.96. The number of para-hydroxylation sites is 3. The topological polar surface area (TPSA) is 38.1 Å². The summed E-state index contributed by atoms with van der Waals surface area (Å²) < 4.78 is 2.09. The first kappa shape index (κ1) is 22.8. The summed E-state index contributed by atoms with van der Waals surface area (Å²) >= 11 is 0. The van der Waals surface area contributed by atoms with E-state index in [1.54, 1.807) is 0 Å². The lowest BCUT2D eigenvalue weighted by molar-refractivity contribution is -0.119. The molecule has 0 bridgehead atoms. The number of likely N-dealkylation sites (N-methyl/N-ethyl adjacent to an activating group) is 1. The van der Waals surface area contributed by atoms with Crippen LogP contribution in [0.2, 0.25) is 0 Å². The molecule has 1 amide bonds. The third-order valence-corrected chi connectivity index (χ3v) is 6.17. The minimum absolute atomic E-state index is 0.0626. The minimum atomic E-state index is 0.0626. The smallest absolute Gasteiger partial charge is 0.246 e. The SMILES string of the molecule is CCN(C(=O)Cn1c(C(C)c2ccc(CC(C)C)cc2)nc2ccccc21)c1ccccc1. The molecule has 1 unspecified atom stereocenters. The van der Waals surface area contributed by atoms with Gasteiger partial charge in [0, 0.05) is 18.2 Å². The molecule has 0 aliphatic heterocycles. The Kier molecular flexibility index (Phi) is 6.93. The Morgan fingerprint density at radius 2 is 1.58 bits per heavy atom. The second-order valence-electron chi connectivity index (χ2n) is 9.08. The summed E-state index contributed by atoms with van der Waals surface area (Å²) in [6, 6.07) is 26.8. The second-order valence-corrected chi connectivity index (χ2v) is 9.08. The summed E-state index contributed by atoms with van der Waals surface area (Å²) in [5.41, 5.74) is 5.40. The van der Waals surface area contributed by atoms with Gasteiger partial charge in [0.2, 0.25) is 5.91 Å². The largest absolute Gasteiger partial charge is 0.318 e. The van der Waals surface area contributed by atoms with Crippen LogP contribution >= 0.6 is 0 Å². The molecule has 4 nitrogen and oxygen atoms in total. The molecule has 170 valence electrons. The van der Waals surface area contributed by atoms with E-state index in [1.165, 1.54) is 11.1 Å². The normalized spacial score (nSPS) is 12.3. The minimum Gasteiger partial charge on any atom is -0.318 e. The monoisotopic (exact) mass is 439 g/mol. The zero-order valence-corrected chi connectivity index (χ0v) is 20.0. The van der Waals surface area contributed by atoms with Crippen molar-refractivity contribution >= 4 is 22.6 Å². The zero-order chi connectivity index (χ0) is 23.4. The summed E-state index contributed by atoms with van der Waals surface area (Å²) in [5, 5.41) is 0. The van der Waals surface area contributed by atoms with Crippen LogP contribution in [0.3, 0.4) is 0 Å². The molecule has 0 saturated carbocycles. The molecule has 0 fully saturated rings. The van der Waals surface area contributed by atoms with Crippen molar-refractivity contribution < 1.29 is 4.79 Å². The van der Waals surface area contributed by atoms with Crippen LogP contribution in [0.25, 0.3) is 11.0 Å². The number of imidazole rings is 1. The number of amides is 1. The number of hydrogen-bond acceptors (Lipinski definition) is 2. The van der Waals surface area contributed by atoms with Crippen LogP contribution in [0.4, 0.5) is 5.69 Å². The molecular formula is C29H33N3O. The van der Waals surface area contributed by atoms with Crippen molar-refractivity contribution in [3.63, 3.8) is 0 Å². The Morgan fingerprint density at radius 1 is 0.909 bits per heavy atom. The molecule has 4 aromatic rings. The van der Waals surface area contributed by atoms with Gasteiger partial charge in [-0.15, -0.1) is 0 Å². The summed E-state index contributed by atoms with van der Waals surface area (Å²) in [7, 11) is 0. The molecule has 33 heavy (non-hydrogen) atoms. The lowest BCUT2D eigenvalue weighted by Crippen LogP contribution is -2.34. The number of carbonyl (C=O) groups is 1. The fourth-order valence-corrected chi connectivity index (χ4v) is 4.49. The van der Waals surface area contributed by atoms with Crippen molar-refractivity contribution in [1.29, 1.82) is 0 Å². The van der Waals surface area contributed by atoms with Crippen LogP contribution < -0.4 is 4.90 Å². The second kappa shape index (κ2) is 10.0. The van der Waals surface area contributed by atoms with E-state index in [2.05, 4.69) is 55.7 Å². The highest BCUT2D eigenvalue weighted by Crippen LogP contribution is 2.28. The van der Waals surface area contributed by atoms with E-state index in [0.717, 1.165) is 29.0 Å². The van der Waals surface area contributed by atoms with Crippen LogP contribution in [0, 0.1) is 5.92 Å². The van der Waals surface area contributed by atoms with Crippen LogP contribution in [0.1, 0.15) is 50.6 Å². The summed E-state index contributed by atoms with van der Waals surface area (Å²) in [4.78, 5) is 20.2. The van der Waals surface area contributed by atoms with E-state index in [0.29, 0.717) is 12.5 Å². The zero-order valence-electron chi connectivity index (χ0n) is 20.0. The van der Waals surface area contributed by atoms with E-state index in [4.69, 9.17) is 4.98 Å². The van der Waals surface area contributed by atoms with Gasteiger partial charge in [-0.2, -0.15) is 0 Å². The van der Waals surface area contributed by atoms with Crippen molar-refractivity contribution in [3.05, 3.63) is 95.8 Å². The van der Waals surface area contributed by atoms with Crippen LogP contribution in [-0.2, 0) is 17.8 Å². The first-order valence-corrected chi connectivity index (χ1v) is 11.9. The van der Waals surface area contributed by atoms with Crippen molar-refractivity contribution in [3.8, 4) is 0 Å². The van der Waals surface area contributed by atoms with Gasteiger partial charge in [0.15, 0.2) is 0 Å². The summed E-state index contributed by atoms with van der Waals surface area (Å²) in [6.07, 6.45) is 1.08. The number of nitrogens with zero attached hydrogens (tertiary/aromatic N) is 3. The average Bonchev–Trinajstić information content (AvgIpc) is 3.18. The number of carbonyl (C=O) groups excluding carboxylic acids is 1. The highest BCUT2D eigenvalue weighted by atomic mass is 16.2. The number of benzene rings is 3. The van der Waals surface area contributed by atoms with E-state index >= 15 is 0 Å². The number of fused-ring (bicyclic) bond motifs is 1. The molecule has 1 aromatic heterocycles. The van der Waals surface area contributed by atoms with Crippen molar-refractivity contribution in [2.24, 2.45) is 5.92 Å². The van der Waals surface area contributed by atoms with Gasteiger partial charge in [-0.05, 0) is 54.7 Å². The maximum Gasteiger partial charge on any atom is 0.246 e. The Bertz CT molecular complexity index is 1210. The standard InChI is InChI=1S/C29H33N3O/c1-5-31(25-11-7-6-8-12-25)28(33)20-32-27-14-10-9-13-26(27)30-29(32)22(4)24-17-15-23(16-18-24)19-21(2)3/h6-18,21-22H,5,19-20H2,1-4H3. The molecule has 1 heterocycles. The molecule has 0 aliphatic carbocycles. The molecule has 1 atom stereocenters. The molecule has 0 aliphatic rings. The van der Waals surface area contributed by atoms with Crippen LogP contribution in [0.5, 0.6) is 0 Å². The van der Waals surface area contributed by atoms with Gasteiger partial charge in [-0.3, -0.25) is 4.79 Å². The fourth-order valence-electron chi connectivity index (χ4n) is 4.49. The van der Waals surface area contributed by atoms with E-state index in [-0.39, 0.29) is 18.4 Å². The first-order valence-electron chi connectivity index (χ1n) is 11.9. The maximum atomic E-state index is 13.4. The number of anilines is 1. The molecule has 0 N–H and O–H groups in total. The fraction of sp³-hybridized carbons (Fsp3) is 0.310. The number of hydrogen-bond donors (Lipinski definition) is 0. The highest BCUT2D eigenvalue weighted by molar-refractivity contribution is 5.94. The molecule has 3 aromatic carbocycles. The molecular weight excluding hydrogens is 406 g/mol.